The molecule has 0 aromatic heterocycles. The van der Waals surface area contributed by atoms with Crippen molar-refractivity contribution in [3.05, 3.63) is 0 Å². The van der Waals surface area contributed by atoms with E-state index in [9.17, 15) is 0 Å². The molecule has 9 heavy (non-hydrogen) atoms. The minimum atomic E-state index is 0.817. The molecule has 0 amide bonds. The zero-order valence-electron chi connectivity index (χ0n) is 5.93. The molecule has 1 fully saturated rings. The normalized spacial score (nSPS) is 34.8. The third-order valence-corrected chi connectivity index (χ3v) is 2.36. The van der Waals surface area contributed by atoms with Crippen LogP contribution in [-0.2, 0) is 0 Å². The average molecular weight is 123 g/mol. The molecular formula is C8H13N. The third kappa shape index (κ3) is 0.887. The van der Waals surface area contributed by atoms with Crippen molar-refractivity contribution in [2.75, 3.05) is 6.54 Å². The highest BCUT2D eigenvalue weighted by Gasteiger charge is 2.32. The van der Waals surface area contributed by atoms with Gasteiger partial charge in [-0.1, -0.05) is 6.92 Å². The molecule has 0 aromatic rings. The summed E-state index contributed by atoms with van der Waals surface area (Å²) in [5, 5.41) is 0. The monoisotopic (exact) mass is 123 g/mol. The molecule has 0 radical (unpaired) electrons. The summed E-state index contributed by atoms with van der Waals surface area (Å²) in [7, 11) is 0. The minimum Gasteiger partial charge on any atom is -0.294 e. The van der Waals surface area contributed by atoms with Crippen LogP contribution >= 0.6 is 0 Å². The molecule has 0 aromatic carbocycles. The molecule has 1 nitrogen and oxygen atoms in total. The van der Waals surface area contributed by atoms with Gasteiger partial charge in [-0.05, 0) is 31.1 Å². The molecule has 0 saturated heterocycles. The summed E-state index contributed by atoms with van der Waals surface area (Å²) in [6.45, 7) is 3.41. The molecule has 1 aliphatic carbocycles. The molecule has 2 rings (SSSR count). The third-order valence-electron chi connectivity index (χ3n) is 2.36. The Hall–Kier alpha value is -0.330. The average Bonchev–Trinajstić information content (AvgIpc) is 2.58. The maximum atomic E-state index is 4.50. The van der Waals surface area contributed by atoms with Gasteiger partial charge in [-0.25, -0.2) is 0 Å². The summed E-state index contributed by atoms with van der Waals surface area (Å²) in [6, 6.07) is 0. The fraction of sp³-hybridized carbons (Fsp3) is 0.875. The Balaban J connectivity index is 2.07. The van der Waals surface area contributed by atoms with E-state index in [-0.39, 0.29) is 0 Å². The highest BCUT2D eigenvalue weighted by atomic mass is 14.8. The van der Waals surface area contributed by atoms with Crippen LogP contribution in [-0.4, -0.2) is 12.3 Å². The van der Waals surface area contributed by atoms with Crippen LogP contribution in [0.4, 0.5) is 0 Å². The standard InChI is InChI=1S/C8H13N/c1-6-4-5-9-8(6)7-2-3-7/h6-7H,2-5H2,1H3. The quantitative estimate of drug-likeness (QED) is 0.505. The van der Waals surface area contributed by atoms with Crippen LogP contribution in [0, 0.1) is 11.8 Å². The number of nitrogens with zero attached hydrogens (tertiary/aromatic N) is 1. The van der Waals surface area contributed by atoms with Gasteiger partial charge in [0.25, 0.3) is 0 Å². The van der Waals surface area contributed by atoms with Gasteiger partial charge >= 0.3 is 0 Å². The zero-order chi connectivity index (χ0) is 6.27. The molecule has 0 bridgehead atoms. The van der Waals surface area contributed by atoms with Crippen LogP contribution in [0.1, 0.15) is 26.2 Å². The van der Waals surface area contributed by atoms with Crippen LogP contribution in [0.25, 0.3) is 0 Å². The fourth-order valence-electron chi connectivity index (χ4n) is 1.60. The van der Waals surface area contributed by atoms with Gasteiger partial charge in [0, 0.05) is 12.3 Å². The first-order chi connectivity index (χ1) is 4.38. The van der Waals surface area contributed by atoms with Gasteiger partial charge in [-0.15, -0.1) is 0 Å². The van der Waals surface area contributed by atoms with E-state index in [1.54, 1.807) is 0 Å². The Kier molecular flexibility index (Phi) is 1.11. The highest BCUT2D eigenvalue weighted by Crippen LogP contribution is 2.36. The molecule has 50 valence electrons. The van der Waals surface area contributed by atoms with Gasteiger partial charge < -0.3 is 0 Å². The van der Waals surface area contributed by atoms with Gasteiger partial charge in [0.1, 0.15) is 0 Å². The molecule has 1 saturated carbocycles. The molecular weight excluding hydrogens is 110 g/mol. The maximum absolute atomic E-state index is 4.50. The Morgan fingerprint density at radius 3 is 2.56 bits per heavy atom. The van der Waals surface area contributed by atoms with Crippen molar-refractivity contribution >= 4 is 5.71 Å². The van der Waals surface area contributed by atoms with Crippen molar-refractivity contribution < 1.29 is 0 Å². The van der Waals surface area contributed by atoms with E-state index in [0.717, 1.165) is 18.4 Å². The summed E-state index contributed by atoms with van der Waals surface area (Å²) in [5.74, 6) is 1.74. The van der Waals surface area contributed by atoms with E-state index in [4.69, 9.17) is 0 Å². The van der Waals surface area contributed by atoms with Crippen LogP contribution in [0.2, 0.25) is 0 Å². The van der Waals surface area contributed by atoms with Gasteiger partial charge in [-0.2, -0.15) is 0 Å². The molecule has 2 aliphatic rings. The Morgan fingerprint density at radius 2 is 2.11 bits per heavy atom. The smallest absolute Gasteiger partial charge is 0.0395 e. The second-order valence-electron chi connectivity index (χ2n) is 3.27. The number of aliphatic imine (C=N–C) groups is 1. The predicted octanol–water partition coefficient (Wildman–Crippen LogP) is 1.88. The maximum Gasteiger partial charge on any atom is 0.0395 e. The second kappa shape index (κ2) is 1.83. The number of hydrogen-bond donors (Lipinski definition) is 0. The van der Waals surface area contributed by atoms with Crippen LogP contribution < -0.4 is 0 Å². The zero-order valence-corrected chi connectivity index (χ0v) is 5.93. The van der Waals surface area contributed by atoms with Crippen molar-refractivity contribution in [2.45, 2.75) is 26.2 Å². The first-order valence-electron chi connectivity index (χ1n) is 3.92. The van der Waals surface area contributed by atoms with Crippen molar-refractivity contribution in [3.8, 4) is 0 Å². The molecule has 1 aliphatic heterocycles. The van der Waals surface area contributed by atoms with Gasteiger partial charge in [-0.3, -0.25) is 4.99 Å². The fourth-order valence-corrected chi connectivity index (χ4v) is 1.60. The van der Waals surface area contributed by atoms with Crippen LogP contribution in [0.15, 0.2) is 4.99 Å². The Bertz CT molecular complexity index is 145. The van der Waals surface area contributed by atoms with Gasteiger partial charge in [0.05, 0.1) is 0 Å². The molecule has 1 unspecified atom stereocenters. The first kappa shape index (κ1) is 5.45. The van der Waals surface area contributed by atoms with Crippen LogP contribution in [0.5, 0.6) is 0 Å². The van der Waals surface area contributed by atoms with E-state index < -0.39 is 0 Å². The lowest BCUT2D eigenvalue weighted by atomic mass is 10.0. The van der Waals surface area contributed by atoms with E-state index in [1.165, 1.54) is 25.0 Å². The molecule has 0 spiro atoms. The summed E-state index contributed by atoms with van der Waals surface area (Å²) < 4.78 is 0. The van der Waals surface area contributed by atoms with Crippen molar-refractivity contribution in [3.63, 3.8) is 0 Å². The number of rotatable bonds is 1. The lowest BCUT2D eigenvalue weighted by Gasteiger charge is -2.02. The SMILES string of the molecule is CC1CCN=C1C1CC1. The Labute approximate surface area is 56.2 Å². The van der Waals surface area contributed by atoms with Crippen molar-refractivity contribution in [1.82, 2.24) is 0 Å². The van der Waals surface area contributed by atoms with Gasteiger partial charge in [0.2, 0.25) is 0 Å². The van der Waals surface area contributed by atoms with E-state index in [2.05, 4.69) is 11.9 Å². The molecule has 1 heterocycles. The summed E-state index contributed by atoms with van der Waals surface area (Å²) in [4.78, 5) is 4.50. The summed E-state index contributed by atoms with van der Waals surface area (Å²) >= 11 is 0. The van der Waals surface area contributed by atoms with Crippen molar-refractivity contribution in [1.29, 1.82) is 0 Å². The lowest BCUT2D eigenvalue weighted by molar-refractivity contribution is 0.737. The summed E-state index contributed by atoms with van der Waals surface area (Å²) in [6.07, 6.45) is 4.15. The first-order valence-corrected chi connectivity index (χ1v) is 3.92. The molecule has 1 heteroatoms. The summed E-state index contributed by atoms with van der Waals surface area (Å²) in [5.41, 5.74) is 1.54. The lowest BCUT2D eigenvalue weighted by Crippen LogP contribution is -2.06. The van der Waals surface area contributed by atoms with Crippen LogP contribution in [0.3, 0.4) is 0 Å². The molecule has 0 N–H and O–H groups in total. The highest BCUT2D eigenvalue weighted by molar-refractivity contribution is 5.91. The van der Waals surface area contributed by atoms with Gasteiger partial charge in [0.15, 0.2) is 0 Å². The van der Waals surface area contributed by atoms with E-state index >= 15 is 0 Å². The van der Waals surface area contributed by atoms with E-state index in [0.29, 0.717) is 0 Å². The van der Waals surface area contributed by atoms with Crippen molar-refractivity contribution in [2.24, 2.45) is 16.8 Å². The van der Waals surface area contributed by atoms with E-state index in [1.807, 2.05) is 0 Å². The topological polar surface area (TPSA) is 12.4 Å². The Morgan fingerprint density at radius 1 is 1.33 bits per heavy atom. The predicted molar refractivity (Wildman–Crippen MR) is 38.8 cm³/mol. The number of hydrogen-bond acceptors (Lipinski definition) is 1. The molecule has 1 atom stereocenters. The second-order valence-corrected chi connectivity index (χ2v) is 3.27. The minimum absolute atomic E-state index is 0.817. The largest absolute Gasteiger partial charge is 0.294 e.